The van der Waals surface area contributed by atoms with E-state index in [0.29, 0.717) is 29.4 Å². The number of halogens is 3. The van der Waals surface area contributed by atoms with Crippen LogP contribution in [0.25, 0.3) is 22.5 Å². The van der Waals surface area contributed by atoms with Gasteiger partial charge in [-0.1, -0.05) is 25.9 Å². The molecule has 0 bridgehead atoms. The average molecular weight is 489 g/mol. The first kappa shape index (κ1) is 24.7. The van der Waals surface area contributed by atoms with Gasteiger partial charge in [-0.05, 0) is 54.5 Å². The normalized spacial score (nSPS) is 20.4. The highest BCUT2D eigenvalue weighted by Crippen LogP contribution is 2.38. The van der Waals surface area contributed by atoms with Crippen LogP contribution in [0.4, 0.5) is 19.2 Å². The topological polar surface area (TPSA) is 117 Å². The Bertz CT molecular complexity index is 1280. The number of aliphatic hydroxyl groups is 1. The predicted octanol–water partition coefficient (Wildman–Crippen LogP) is 5.05. The van der Waals surface area contributed by atoms with Crippen molar-refractivity contribution in [1.29, 1.82) is 5.26 Å². The van der Waals surface area contributed by atoms with Gasteiger partial charge in [0.05, 0.1) is 23.6 Å². The van der Waals surface area contributed by atoms with Crippen LogP contribution >= 0.6 is 0 Å². The van der Waals surface area contributed by atoms with E-state index in [0.717, 1.165) is 11.1 Å². The number of hydrogen-bond acceptors (Lipinski definition) is 8. The lowest BCUT2D eigenvalue weighted by atomic mass is 9.74. The van der Waals surface area contributed by atoms with Gasteiger partial charge < -0.3 is 19.6 Å². The maximum absolute atomic E-state index is 12.7. The molecule has 8 nitrogen and oxygen atoms in total. The summed E-state index contributed by atoms with van der Waals surface area (Å²) >= 11 is 0. The molecule has 2 aromatic heterocycles. The van der Waals surface area contributed by atoms with E-state index >= 15 is 0 Å². The minimum Gasteiger partial charge on any atom is -0.484 e. The van der Waals surface area contributed by atoms with Gasteiger partial charge >= 0.3 is 12.2 Å². The molecule has 35 heavy (non-hydrogen) atoms. The Labute approximate surface area is 200 Å². The molecular formula is C24H26F3N5O3. The van der Waals surface area contributed by atoms with Crippen LogP contribution in [-0.4, -0.2) is 44.7 Å². The number of aromatic nitrogens is 3. The van der Waals surface area contributed by atoms with Gasteiger partial charge in [-0.3, -0.25) is 0 Å². The molecule has 186 valence electrons. The van der Waals surface area contributed by atoms with E-state index in [2.05, 4.69) is 15.5 Å². The summed E-state index contributed by atoms with van der Waals surface area (Å²) in [5.74, 6) is 0.305. The number of fused-ring (bicyclic) bond motifs is 1. The number of nitrogens with zero attached hydrogens (tertiary/aromatic N) is 4. The summed E-state index contributed by atoms with van der Waals surface area (Å²) in [6.07, 6.45) is -3.57. The molecule has 3 aromatic rings. The van der Waals surface area contributed by atoms with Crippen molar-refractivity contribution in [2.24, 2.45) is 0 Å². The van der Waals surface area contributed by atoms with Gasteiger partial charge in [0, 0.05) is 11.4 Å². The molecule has 0 amide bonds. The van der Waals surface area contributed by atoms with Gasteiger partial charge in [-0.2, -0.15) is 18.4 Å². The summed E-state index contributed by atoms with van der Waals surface area (Å²) in [5.41, 5.74) is 1.11. The number of aryl methyl sites for hydroxylation is 1. The lowest BCUT2D eigenvalue weighted by Crippen LogP contribution is -2.50. The highest BCUT2D eigenvalue weighted by molar-refractivity contribution is 5.89. The fourth-order valence-electron chi connectivity index (χ4n) is 4.21. The number of pyridine rings is 1. The first-order valence-corrected chi connectivity index (χ1v) is 11.1. The number of benzene rings is 1. The maximum Gasteiger partial charge on any atom is 0.422 e. The number of hydrogen-bond donors (Lipinski definition) is 2. The van der Waals surface area contributed by atoms with Gasteiger partial charge in [0.1, 0.15) is 11.4 Å². The second-order valence-electron chi connectivity index (χ2n) is 10.1. The van der Waals surface area contributed by atoms with Crippen LogP contribution in [-0.2, 0) is 5.41 Å². The van der Waals surface area contributed by atoms with Crippen molar-refractivity contribution in [2.45, 2.75) is 70.2 Å². The van der Waals surface area contributed by atoms with E-state index in [-0.39, 0.29) is 30.1 Å². The first-order valence-electron chi connectivity index (χ1n) is 11.1. The fraction of sp³-hybridized carbons (Fsp3) is 0.500. The minimum atomic E-state index is -4.44. The monoisotopic (exact) mass is 489 g/mol. The summed E-state index contributed by atoms with van der Waals surface area (Å²) in [6, 6.07) is 6.94. The molecule has 11 heteroatoms. The molecule has 1 fully saturated rings. The second-order valence-corrected chi connectivity index (χ2v) is 10.1. The summed E-state index contributed by atoms with van der Waals surface area (Å²) in [6.45, 7) is 6.28. The third-order valence-corrected chi connectivity index (χ3v) is 5.94. The van der Waals surface area contributed by atoms with Crippen LogP contribution in [0.2, 0.25) is 0 Å². The SMILES string of the molecule is Cc1cc(-c2nnc(N[C@H]3C[C@](O)(CC#N)C3)o2)nc2c(C(C)(C)C)cc(OCC(F)(F)F)cc12. The number of nitrogens with one attached hydrogen (secondary N) is 1. The van der Waals surface area contributed by atoms with E-state index in [9.17, 15) is 18.3 Å². The van der Waals surface area contributed by atoms with Gasteiger partial charge in [-0.25, -0.2) is 4.98 Å². The third kappa shape index (κ3) is 5.48. The Kier molecular flexibility index (Phi) is 6.13. The van der Waals surface area contributed by atoms with Gasteiger partial charge in [0.25, 0.3) is 5.89 Å². The molecule has 1 aromatic carbocycles. The Balaban J connectivity index is 1.63. The van der Waals surface area contributed by atoms with Crippen LogP contribution in [0.1, 0.15) is 51.2 Å². The largest absolute Gasteiger partial charge is 0.484 e. The van der Waals surface area contributed by atoms with E-state index in [1.165, 1.54) is 0 Å². The molecule has 0 atom stereocenters. The highest BCUT2D eigenvalue weighted by Gasteiger charge is 2.43. The molecular weight excluding hydrogens is 463 g/mol. The number of nitriles is 1. The van der Waals surface area contributed by atoms with E-state index < -0.39 is 23.8 Å². The van der Waals surface area contributed by atoms with Crippen molar-refractivity contribution in [3.63, 3.8) is 0 Å². The van der Waals surface area contributed by atoms with Crippen LogP contribution in [0, 0.1) is 18.3 Å². The van der Waals surface area contributed by atoms with E-state index in [4.69, 9.17) is 19.4 Å². The lowest BCUT2D eigenvalue weighted by Gasteiger charge is -2.41. The third-order valence-electron chi connectivity index (χ3n) is 5.94. The molecule has 0 unspecified atom stereocenters. The fourth-order valence-corrected chi connectivity index (χ4v) is 4.21. The van der Waals surface area contributed by atoms with Crippen molar-refractivity contribution in [3.8, 4) is 23.4 Å². The van der Waals surface area contributed by atoms with E-state index in [1.807, 2.05) is 33.8 Å². The standard InChI is InChI=1S/C24H26F3N5O3/c1-13-7-18(20-31-32-21(35-20)29-14-10-23(33,11-14)5-6-28)30-19-16(13)8-15(34-12-24(25,26)27)9-17(19)22(2,3)4/h7-9,14,33H,5,10-12H2,1-4H3,(H,29,32)/t14-,23+. The van der Waals surface area contributed by atoms with Gasteiger partial charge in [0.2, 0.25) is 0 Å². The lowest BCUT2D eigenvalue weighted by molar-refractivity contribution is -0.153. The van der Waals surface area contributed by atoms with Gasteiger partial charge in [-0.15, -0.1) is 5.10 Å². The van der Waals surface area contributed by atoms with Crippen LogP contribution < -0.4 is 10.1 Å². The minimum absolute atomic E-state index is 0.0691. The summed E-state index contributed by atoms with van der Waals surface area (Å²) in [4.78, 5) is 4.72. The van der Waals surface area contributed by atoms with Crippen LogP contribution in [0.3, 0.4) is 0 Å². The molecule has 1 saturated carbocycles. The molecule has 2 heterocycles. The molecule has 0 saturated heterocycles. The Hall–Kier alpha value is -3.39. The Morgan fingerprint density at radius 2 is 1.94 bits per heavy atom. The number of ether oxygens (including phenoxy) is 1. The van der Waals surface area contributed by atoms with Crippen molar-refractivity contribution in [1.82, 2.24) is 15.2 Å². The van der Waals surface area contributed by atoms with E-state index in [1.54, 1.807) is 18.2 Å². The smallest absolute Gasteiger partial charge is 0.422 e. The Morgan fingerprint density at radius 1 is 1.23 bits per heavy atom. The zero-order valence-corrected chi connectivity index (χ0v) is 19.8. The van der Waals surface area contributed by atoms with Crippen molar-refractivity contribution in [3.05, 3.63) is 29.3 Å². The maximum atomic E-state index is 12.7. The van der Waals surface area contributed by atoms with Crippen LogP contribution in [0.15, 0.2) is 22.6 Å². The molecule has 2 N–H and O–H groups in total. The molecule has 1 aliphatic rings. The molecule has 4 rings (SSSR count). The quantitative estimate of drug-likeness (QED) is 0.494. The second kappa shape index (κ2) is 8.68. The summed E-state index contributed by atoms with van der Waals surface area (Å²) in [7, 11) is 0. The molecule has 0 aliphatic heterocycles. The molecule has 0 radical (unpaired) electrons. The average Bonchev–Trinajstić information content (AvgIpc) is 3.18. The number of anilines is 1. The van der Waals surface area contributed by atoms with Gasteiger partial charge in [0.15, 0.2) is 6.61 Å². The Morgan fingerprint density at radius 3 is 2.57 bits per heavy atom. The molecule has 1 aliphatic carbocycles. The first-order chi connectivity index (χ1) is 16.3. The number of rotatable bonds is 6. The summed E-state index contributed by atoms with van der Waals surface area (Å²) < 4.78 is 48.9. The van der Waals surface area contributed by atoms with Crippen LogP contribution in [0.5, 0.6) is 5.75 Å². The van der Waals surface area contributed by atoms with Crippen molar-refractivity contribution < 1.29 is 27.4 Å². The summed E-state index contributed by atoms with van der Waals surface area (Å²) in [5, 5.41) is 30.8. The zero-order chi connectivity index (χ0) is 25.6. The zero-order valence-electron chi connectivity index (χ0n) is 19.8. The van der Waals surface area contributed by atoms with Crippen molar-refractivity contribution >= 4 is 16.9 Å². The van der Waals surface area contributed by atoms with Crippen molar-refractivity contribution in [2.75, 3.05) is 11.9 Å². The predicted molar refractivity (Wildman–Crippen MR) is 122 cm³/mol. The highest BCUT2D eigenvalue weighted by atomic mass is 19.4. The number of alkyl halides is 3. The molecule has 0 spiro atoms.